The Morgan fingerprint density at radius 1 is 0.905 bits per heavy atom. The molecule has 0 saturated carbocycles. The smallest absolute Gasteiger partial charge is 0.351 e. The number of hydrogen-bond acceptors (Lipinski definition) is 11. The Morgan fingerprint density at radius 2 is 1.48 bits per heavy atom. The van der Waals surface area contributed by atoms with Gasteiger partial charge in [-0.15, -0.1) is 5.92 Å². The van der Waals surface area contributed by atoms with Crippen molar-refractivity contribution >= 4 is 20.3 Å². The van der Waals surface area contributed by atoms with Crippen LogP contribution in [-0.4, -0.2) is 71.9 Å². The van der Waals surface area contributed by atoms with Crippen LogP contribution in [0.1, 0.15) is 86.3 Å². The monoisotopic (exact) mass is 871 g/mol. The van der Waals surface area contributed by atoms with Crippen LogP contribution in [0.15, 0.2) is 120 Å². The summed E-state index contributed by atoms with van der Waals surface area (Å²) in [7, 11) is 1.52. The Kier molecular flexibility index (Phi) is 16.2. The first-order valence-electron chi connectivity index (χ1n) is 20.8. The lowest BCUT2D eigenvalue weighted by atomic mass is 9.80. The van der Waals surface area contributed by atoms with E-state index in [1.165, 1.54) is 4.57 Å². The zero-order valence-electron chi connectivity index (χ0n) is 36.7. The van der Waals surface area contributed by atoms with Gasteiger partial charge < -0.3 is 33.3 Å². The molecule has 4 aromatic carbocycles. The Balaban J connectivity index is 1.44. The van der Waals surface area contributed by atoms with E-state index in [2.05, 4.69) is 60.6 Å². The molecule has 2 heterocycles. The predicted octanol–water partition coefficient (Wildman–Crippen LogP) is 8.84. The molecular formula is C49H54N5O8P. The highest BCUT2D eigenvalue weighted by Crippen LogP contribution is 2.51. The second kappa shape index (κ2) is 22.0. The third-order valence-corrected chi connectivity index (χ3v) is 12.7. The molecule has 6 rings (SSSR count). The summed E-state index contributed by atoms with van der Waals surface area (Å²) < 4.78 is 42.2. The first-order chi connectivity index (χ1) is 30.5. The number of rotatable bonds is 19. The van der Waals surface area contributed by atoms with Crippen LogP contribution in [0.2, 0.25) is 0 Å². The van der Waals surface area contributed by atoms with Gasteiger partial charge in [0.15, 0.2) is 5.82 Å². The number of nitrogens with one attached hydrogen (secondary N) is 1. The molecule has 0 aliphatic carbocycles. The fraction of sp³-hybridized carbons (Fsp3) is 0.347. The molecule has 4 atom stereocenters. The number of amides is 1. The number of anilines is 1. The largest absolute Gasteiger partial charge is 0.497 e. The molecule has 0 radical (unpaired) electrons. The summed E-state index contributed by atoms with van der Waals surface area (Å²) >= 11 is 0. The highest BCUT2D eigenvalue weighted by molar-refractivity contribution is 7.44. The maximum absolute atomic E-state index is 14.0. The summed E-state index contributed by atoms with van der Waals surface area (Å²) in [5.41, 5.74) is 1.42. The number of hydrogen-bond donors (Lipinski definition) is 1. The van der Waals surface area contributed by atoms with Crippen molar-refractivity contribution in [1.82, 2.24) is 14.2 Å². The van der Waals surface area contributed by atoms with Crippen LogP contribution in [0.4, 0.5) is 5.82 Å². The fourth-order valence-corrected chi connectivity index (χ4v) is 9.35. The number of benzene rings is 4. The van der Waals surface area contributed by atoms with Crippen LogP contribution in [-0.2, 0) is 24.1 Å². The Morgan fingerprint density at radius 3 is 2.02 bits per heavy atom. The molecule has 5 aromatic rings. The maximum Gasteiger partial charge on any atom is 0.351 e. The first kappa shape index (κ1) is 46.6. The number of carbonyl (C=O) groups is 1. The van der Waals surface area contributed by atoms with Crippen molar-refractivity contribution in [3.63, 3.8) is 0 Å². The molecule has 1 unspecified atom stereocenters. The SMILES string of the molecule is CC#Cc1cn([C@@H]2C[C@H](OP(OCCC#N)N(C(C)C)C(C)C)[C@@H](COC(c3ccccc3)(c3ccc(OC)cc3)c3ccc(OC)cc3)O2)c(=O)nc1NC(=O)c1ccccc1. The van der Waals surface area contributed by atoms with Crippen molar-refractivity contribution in [1.29, 1.82) is 5.26 Å². The normalized spacial score (nSPS) is 16.6. The zero-order chi connectivity index (χ0) is 44.9. The van der Waals surface area contributed by atoms with E-state index in [0.717, 1.165) is 16.7 Å². The minimum absolute atomic E-state index is 0.00609. The van der Waals surface area contributed by atoms with E-state index in [1.807, 2.05) is 84.9 Å². The molecule has 1 aromatic heterocycles. The van der Waals surface area contributed by atoms with Crippen molar-refractivity contribution in [2.45, 2.75) is 83.6 Å². The summed E-state index contributed by atoms with van der Waals surface area (Å²) in [6, 6.07) is 36.3. The minimum Gasteiger partial charge on any atom is -0.497 e. The van der Waals surface area contributed by atoms with Crippen LogP contribution >= 0.6 is 8.53 Å². The van der Waals surface area contributed by atoms with Gasteiger partial charge >= 0.3 is 5.69 Å². The number of nitrogens with zero attached hydrogens (tertiary/aromatic N) is 4. The highest BCUT2D eigenvalue weighted by Gasteiger charge is 2.45. The maximum atomic E-state index is 14.0. The third kappa shape index (κ3) is 11.0. The van der Waals surface area contributed by atoms with Gasteiger partial charge in [0.25, 0.3) is 14.4 Å². The van der Waals surface area contributed by atoms with Gasteiger partial charge in [-0.05, 0) is 87.7 Å². The second-order valence-electron chi connectivity index (χ2n) is 15.3. The Hall–Kier alpha value is -5.89. The van der Waals surface area contributed by atoms with Gasteiger partial charge in [-0.2, -0.15) is 10.2 Å². The average molecular weight is 872 g/mol. The molecular weight excluding hydrogens is 818 g/mol. The number of ether oxygens (including phenoxy) is 4. The van der Waals surface area contributed by atoms with Crippen molar-refractivity contribution in [2.75, 3.05) is 32.8 Å². The lowest BCUT2D eigenvalue weighted by Crippen LogP contribution is -2.39. The number of aromatic nitrogens is 2. The molecule has 1 fully saturated rings. The third-order valence-electron chi connectivity index (χ3n) is 10.5. The lowest BCUT2D eigenvalue weighted by Gasteiger charge is -2.39. The number of methoxy groups -OCH3 is 2. The van der Waals surface area contributed by atoms with Crippen molar-refractivity contribution in [2.24, 2.45) is 0 Å². The summed E-state index contributed by atoms with van der Waals surface area (Å²) in [4.78, 5) is 31.5. The van der Waals surface area contributed by atoms with Gasteiger partial charge in [0.05, 0.1) is 51.6 Å². The molecule has 0 spiro atoms. The van der Waals surface area contributed by atoms with Gasteiger partial charge in [-0.3, -0.25) is 9.36 Å². The lowest BCUT2D eigenvalue weighted by molar-refractivity contribution is -0.0925. The topological polar surface area (TPSA) is 146 Å². The van der Waals surface area contributed by atoms with E-state index >= 15 is 0 Å². The summed E-state index contributed by atoms with van der Waals surface area (Å²) in [5.74, 6) is 6.85. The van der Waals surface area contributed by atoms with Gasteiger partial charge in [0.2, 0.25) is 0 Å². The molecule has 1 aliphatic heterocycles. The molecule has 63 heavy (non-hydrogen) atoms. The summed E-state index contributed by atoms with van der Waals surface area (Å²) in [5, 5.41) is 12.2. The van der Waals surface area contributed by atoms with E-state index in [0.29, 0.717) is 22.6 Å². The van der Waals surface area contributed by atoms with Crippen LogP contribution in [0.3, 0.4) is 0 Å². The molecule has 0 bridgehead atoms. The quantitative estimate of drug-likeness (QED) is 0.0368. The first-order valence-corrected chi connectivity index (χ1v) is 22.0. The van der Waals surface area contributed by atoms with Gasteiger partial charge in [-0.25, -0.2) is 9.46 Å². The van der Waals surface area contributed by atoms with Crippen LogP contribution in [0.5, 0.6) is 11.5 Å². The molecule has 1 saturated heterocycles. The van der Waals surface area contributed by atoms with Gasteiger partial charge in [-0.1, -0.05) is 78.7 Å². The van der Waals surface area contributed by atoms with Crippen LogP contribution in [0, 0.1) is 23.2 Å². The highest BCUT2D eigenvalue weighted by atomic mass is 31.2. The van der Waals surface area contributed by atoms with E-state index < -0.39 is 44.2 Å². The molecule has 14 heteroatoms. The van der Waals surface area contributed by atoms with Crippen molar-refractivity contribution < 1.29 is 32.8 Å². The van der Waals surface area contributed by atoms with E-state index in [-0.39, 0.29) is 44.0 Å². The average Bonchev–Trinajstić information content (AvgIpc) is 3.70. The molecule has 13 nitrogen and oxygen atoms in total. The predicted molar refractivity (Wildman–Crippen MR) is 242 cm³/mol. The van der Waals surface area contributed by atoms with Crippen LogP contribution < -0.4 is 20.5 Å². The van der Waals surface area contributed by atoms with E-state index in [9.17, 15) is 14.9 Å². The molecule has 328 valence electrons. The molecule has 1 N–H and O–H groups in total. The minimum atomic E-state index is -1.73. The second-order valence-corrected chi connectivity index (χ2v) is 16.7. The molecule has 1 aliphatic rings. The zero-order valence-corrected chi connectivity index (χ0v) is 37.6. The van der Waals surface area contributed by atoms with Crippen molar-refractivity contribution in [3.8, 4) is 29.4 Å². The summed E-state index contributed by atoms with van der Waals surface area (Å²) in [6.45, 7) is 10.1. The Bertz CT molecular complexity index is 2380. The van der Waals surface area contributed by atoms with Gasteiger partial charge in [0.1, 0.15) is 29.4 Å². The van der Waals surface area contributed by atoms with Crippen LogP contribution in [0.25, 0.3) is 0 Å². The number of nitriles is 1. The van der Waals surface area contributed by atoms with Gasteiger partial charge in [0, 0.05) is 30.3 Å². The standard InChI is InChI=1S/C49H54N5O8P/c1-8-16-37-32-53(48(56)52-46(37)51-47(55)36-17-11-9-12-18-36)45-31-43(62-63(60-30-15-29-50)54(34(2)3)35(4)5)44(61-45)33-59-49(38-19-13-10-14-20-38,39-21-25-41(57-6)26-22-39)40-23-27-42(58-7)28-24-40/h9-14,17-28,32,34-35,43-45H,15,30-31,33H2,1-7H3,(H,51,52,55,56)/t43-,44+,45-,63?/m0/s1. The summed E-state index contributed by atoms with van der Waals surface area (Å²) in [6.07, 6.45) is -0.366. The number of carbonyl (C=O) groups excluding carboxylic acids is 1. The van der Waals surface area contributed by atoms with E-state index in [4.69, 9.17) is 28.0 Å². The molecule has 1 amide bonds. The Labute approximate surface area is 370 Å². The van der Waals surface area contributed by atoms with E-state index in [1.54, 1.807) is 51.6 Å². The fourth-order valence-electron chi connectivity index (χ4n) is 7.59. The van der Waals surface area contributed by atoms with Crippen molar-refractivity contribution in [3.05, 3.63) is 154 Å².